The van der Waals surface area contributed by atoms with Crippen LogP contribution in [0.25, 0.3) is 34.4 Å². The van der Waals surface area contributed by atoms with Crippen LogP contribution in [0.3, 0.4) is 0 Å². The third kappa shape index (κ3) is 3.56. The van der Waals surface area contributed by atoms with E-state index in [4.69, 9.17) is 4.26 Å². The average Bonchev–Trinajstić information content (AvgIpc) is 3.62. The van der Waals surface area contributed by atoms with Gasteiger partial charge in [0.1, 0.15) is 0 Å². The van der Waals surface area contributed by atoms with E-state index >= 15 is 0 Å². The quantitative estimate of drug-likeness (QED) is 0.177. The van der Waals surface area contributed by atoms with Crippen molar-refractivity contribution in [3.63, 3.8) is 0 Å². The SMILES string of the molecule is [CH2]=[Hf]([CH3])([CH3])([CH2]C)([CH2]C)([CH]1C=Cc2c(-c3ccc(C)cc3)cccc21)[CH]1C=Cc2c(-c3ccc(C)cc3)cccc21. The molecule has 0 saturated carbocycles. The van der Waals surface area contributed by atoms with Gasteiger partial charge in [0.25, 0.3) is 0 Å². The van der Waals surface area contributed by atoms with Gasteiger partial charge in [-0.25, -0.2) is 0 Å². The molecule has 0 N–H and O–H groups in total. The molecular formula is C39H44Hf. The molecule has 0 radical (unpaired) electrons. The van der Waals surface area contributed by atoms with Crippen LogP contribution in [0, 0.1) is 13.8 Å². The zero-order valence-electron chi connectivity index (χ0n) is 25.2. The van der Waals surface area contributed by atoms with Crippen molar-refractivity contribution in [3.8, 4) is 22.3 Å². The number of benzene rings is 4. The summed E-state index contributed by atoms with van der Waals surface area (Å²) in [5.74, 6) is 0. The van der Waals surface area contributed by atoms with Crippen LogP contribution in [-0.4, -0.2) is 4.26 Å². The molecule has 2 aliphatic carbocycles. The fraction of sp³-hybridized carbons (Fsp3) is 0.256. The normalized spacial score (nSPS) is 20.3. The van der Waals surface area contributed by atoms with Gasteiger partial charge in [-0.2, -0.15) is 0 Å². The van der Waals surface area contributed by atoms with Crippen LogP contribution in [0.4, 0.5) is 0 Å². The molecule has 2 unspecified atom stereocenters. The second kappa shape index (κ2) is 8.10. The topological polar surface area (TPSA) is 0 Å². The Labute approximate surface area is 235 Å². The predicted molar refractivity (Wildman–Crippen MR) is 177 cm³/mol. The molecule has 0 fully saturated rings. The van der Waals surface area contributed by atoms with E-state index < -0.39 is 15.1 Å². The monoisotopic (exact) mass is 692 g/mol. The van der Waals surface area contributed by atoms with Gasteiger partial charge < -0.3 is 0 Å². The average molecular weight is 691 g/mol. The molecule has 0 amide bonds. The Kier molecular flexibility index (Phi) is 5.52. The van der Waals surface area contributed by atoms with E-state index in [1.54, 1.807) is 0 Å². The summed E-state index contributed by atoms with van der Waals surface area (Å²) < 4.78 is 14.0. The summed E-state index contributed by atoms with van der Waals surface area (Å²) in [5, 5.41) is 0. The summed E-state index contributed by atoms with van der Waals surface area (Å²) in [7, 11) is 0. The molecule has 0 bridgehead atoms. The van der Waals surface area contributed by atoms with Gasteiger partial charge in [-0.15, -0.1) is 0 Å². The van der Waals surface area contributed by atoms with Crippen LogP contribution < -0.4 is 0 Å². The number of fused-ring (bicyclic) bond motifs is 2. The Hall–Kier alpha value is -2.90. The van der Waals surface area contributed by atoms with E-state index in [0.29, 0.717) is 7.35 Å². The van der Waals surface area contributed by atoms with Crippen molar-refractivity contribution >= 4 is 16.4 Å². The van der Waals surface area contributed by atoms with Crippen molar-refractivity contribution in [2.75, 3.05) is 0 Å². The van der Waals surface area contributed by atoms with Gasteiger partial charge in [0.05, 0.1) is 0 Å². The van der Waals surface area contributed by atoms with E-state index in [-0.39, 0.29) is 0 Å². The molecule has 0 aromatic heterocycles. The summed E-state index contributed by atoms with van der Waals surface area (Å²) in [4.78, 5) is 0. The molecule has 0 saturated heterocycles. The molecule has 6 rings (SSSR count). The standard InChI is InChI=1S/2C16H13.2C2H5.2CH3.CH2.Hf/c2*1-12-8-10-14(11-9-12)16-7-3-5-13-4-2-6-15(13)16;2*1-2;;;;/h2*2-11H,1H3;2*1H2,2H3;2*1H3;1H2;. The van der Waals surface area contributed by atoms with Crippen LogP contribution in [0.2, 0.25) is 17.7 Å². The molecule has 2 aliphatic rings. The van der Waals surface area contributed by atoms with Crippen molar-refractivity contribution in [1.82, 2.24) is 0 Å². The molecule has 4 aromatic carbocycles. The molecule has 4 aromatic rings. The Bertz CT molecular complexity index is 1720. The summed E-state index contributed by atoms with van der Waals surface area (Å²) in [6.45, 7) is 9.22. The number of hydrogen-bond acceptors (Lipinski definition) is 0. The first kappa shape index (κ1) is 27.3. The predicted octanol–water partition coefficient (Wildman–Crippen LogP) is 11.6. The fourth-order valence-electron chi connectivity index (χ4n) is 8.33. The number of hydrogen-bond donors (Lipinski definition) is 0. The molecule has 1 heteroatoms. The third-order valence-corrected chi connectivity index (χ3v) is 60.6. The molecule has 0 heterocycles. The van der Waals surface area contributed by atoms with Gasteiger partial charge in [0.2, 0.25) is 0 Å². The zero-order chi connectivity index (χ0) is 28.4. The third-order valence-electron chi connectivity index (χ3n) is 12.7. The van der Waals surface area contributed by atoms with Crippen molar-refractivity contribution in [2.45, 2.75) is 52.8 Å². The molecule has 0 aliphatic heterocycles. The van der Waals surface area contributed by atoms with Crippen molar-refractivity contribution in [3.05, 3.63) is 130 Å². The van der Waals surface area contributed by atoms with Gasteiger partial charge in [-0.05, 0) is 0 Å². The van der Waals surface area contributed by atoms with Gasteiger partial charge in [0, 0.05) is 0 Å². The number of aryl methyl sites for hydroxylation is 2. The van der Waals surface area contributed by atoms with Crippen LogP contribution in [0.5, 0.6) is 0 Å². The molecule has 204 valence electrons. The van der Waals surface area contributed by atoms with Crippen LogP contribution in [-0.2, 0) is 15.1 Å². The summed E-state index contributed by atoms with van der Waals surface area (Å²) in [5.41, 5.74) is 13.6. The maximum absolute atomic E-state index is 5.69. The minimum absolute atomic E-state index is 0.323. The van der Waals surface area contributed by atoms with Crippen LogP contribution >= 0.6 is 0 Å². The van der Waals surface area contributed by atoms with Crippen LogP contribution in [0.15, 0.2) is 97.1 Å². The van der Waals surface area contributed by atoms with Crippen molar-refractivity contribution in [1.29, 1.82) is 0 Å². The van der Waals surface area contributed by atoms with Gasteiger partial charge in [-0.3, -0.25) is 0 Å². The second-order valence-electron chi connectivity index (χ2n) is 15.6. The van der Waals surface area contributed by atoms with E-state index in [0.717, 1.165) is 8.35 Å². The van der Waals surface area contributed by atoms with Crippen LogP contribution in [0.1, 0.15) is 54.6 Å². The fourth-order valence-corrected chi connectivity index (χ4v) is 37.3. The van der Waals surface area contributed by atoms with E-state index in [1.807, 2.05) is 0 Å². The Morgan fingerprint density at radius 1 is 0.575 bits per heavy atom. The number of rotatable bonds is 6. The van der Waals surface area contributed by atoms with E-state index in [9.17, 15) is 0 Å². The molecule has 2 atom stereocenters. The maximum atomic E-state index is 5.69. The Balaban J connectivity index is 1.57. The van der Waals surface area contributed by atoms with Gasteiger partial charge in [-0.1, -0.05) is 0 Å². The Morgan fingerprint density at radius 2 is 0.950 bits per heavy atom. The summed E-state index contributed by atoms with van der Waals surface area (Å²) >= 11 is -5.12. The van der Waals surface area contributed by atoms with Gasteiger partial charge >= 0.3 is 237 Å². The first-order valence-electron chi connectivity index (χ1n) is 15.2. The molecule has 40 heavy (non-hydrogen) atoms. The molecule has 0 spiro atoms. The van der Waals surface area contributed by atoms with Gasteiger partial charge in [0.15, 0.2) is 0 Å². The minimum atomic E-state index is -5.12. The van der Waals surface area contributed by atoms with E-state index in [2.05, 4.69) is 146 Å². The molecule has 0 nitrogen and oxygen atoms in total. The second-order valence-corrected chi connectivity index (χ2v) is 67.7. The Morgan fingerprint density at radius 3 is 1.30 bits per heavy atom. The number of allylic oxidation sites excluding steroid dienone is 2. The first-order chi connectivity index (χ1) is 18.9. The zero-order valence-corrected chi connectivity index (χ0v) is 28.8. The van der Waals surface area contributed by atoms with Crippen molar-refractivity contribution < 1.29 is 15.1 Å². The van der Waals surface area contributed by atoms with E-state index in [1.165, 1.54) is 55.6 Å². The molecular weight excluding hydrogens is 647 g/mol. The summed E-state index contributed by atoms with van der Waals surface area (Å²) in [6.07, 6.45) is 9.97. The van der Waals surface area contributed by atoms with Crippen molar-refractivity contribution in [2.24, 2.45) is 0 Å². The first-order valence-corrected chi connectivity index (χ1v) is 34.1. The summed E-state index contributed by atoms with van der Waals surface area (Å²) in [6, 6.07) is 31.9.